The fourth-order valence-corrected chi connectivity index (χ4v) is 3.99. The van der Waals surface area contributed by atoms with E-state index in [9.17, 15) is 14.7 Å². The van der Waals surface area contributed by atoms with Gasteiger partial charge in [-0.3, -0.25) is 9.59 Å². The third-order valence-corrected chi connectivity index (χ3v) is 5.82. The van der Waals surface area contributed by atoms with E-state index >= 15 is 0 Å². The van der Waals surface area contributed by atoms with Crippen molar-refractivity contribution in [1.29, 1.82) is 0 Å². The summed E-state index contributed by atoms with van der Waals surface area (Å²) in [6.45, 7) is 2.46. The molecule has 2 aliphatic rings. The van der Waals surface area contributed by atoms with Gasteiger partial charge in [0, 0.05) is 5.39 Å². The number of fused-ring (bicyclic) bond motifs is 2. The second-order valence-electron chi connectivity index (χ2n) is 7.97. The van der Waals surface area contributed by atoms with E-state index in [1.165, 1.54) is 13.3 Å². The maximum absolute atomic E-state index is 12.8. The summed E-state index contributed by atoms with van der Waals surface area (Å²) < 4.78 is 11.8. The van der Waals surface area contributed by atoms with E-state index in [-0.39, 0.29) is 6.10 Å². The zero-order chi connectivity index (χ0) is 19.3. The SMILES string of the molecule is Cc1oc2ccc(OC3C[C@@H]4C[C@@H]4C3)cc2c1C(=O)NC(C)(CO)C(N)=O. The zero-order valence-electron chi connectivity index (χ0n) is 15.5. The number of hydrogen-bond donors (Lipinski definition) is 3. The highest BCUT2D eigenvalue weighted by Crippen LogP contribution is 2.52. The van der Waals surface area contributed by atoms with Crippen molar-refractivity contribution >= 4 is 22.8 Å². The lowest BCUT2D eigenvalue weighted by molar-refractivity contribution is -0.124. The van der Waals surface area contributed by atoms with E-state index in [0.717, 1.165) is 24.7 Å². The van der Waals surface area contributed by atoms with Gasteiger partial charge in [-0.2, -0.15) is 0 Å². The van der Waals surface area contributed by atoms with Crippen LogP contribution in [0, 0.1) is 18.8 Å². The third kappa shape index (κ3) is 3.16. The molecule has 0 aliphatic heterocycles. The van der Waals surface area contributed by atoms with E-state index in [1.54, 1.807) is 19.1 Å². The largest absolute Gasteiger partial charge is 0.490 e. The van der Waals surface area contributed by atoms with Crippen LogP contribution in [-0.4, -0.2) is 35.2 Å². The number of amides is 2. The summed E-state index contributed by atoms with van der Waals surface area (Å²) in [4.78, 5) is 24.4. The summed E-state index contributed by atoms with van der Waals surface area (Å²) >= 11 is 0. The Balaban J connectivity index is 1.61. The number of benzene rings is 1. The topological polar surface area (TPSA) is 115 Å². The first-order valence-corrected chi connectivity index (χ1v) is 9.24. The number of aliphatic hydroxyl groups is 1. The number of aryl methyl sites for hydroxylation is 1. The van der Waals surface area contributed by atoms with Crippen molar-refractivity contribution in [3.05, 3.63) is 29.5 Å². The predicted octanol–water partition coefficient (Wildman–Crippen LogP) is 1.88. The molecule has 7 nitrogen and oxygen atoms in total. The first-order chi connectivity index (χ1) is 12.8. The average Bonchev–Trinajstić information content (AvgIpc) is 3.08. The second kappa shape index (κ2) is 6.27. The lowest BCUT2D eigenvalue weighted by atomic mass is 10.0. The molecule has 2 unspecified atom stereocenters. The summed E-state index contributed by atoms with van der Waals surface area (Å²) in [6.07, 6.45) is 3.74. The van der Waals surface area contributed by atoms with Crippen LogP contribution in [0.2, 0.25) is 0 Å². The highest BCUT2D eigenvalue weighted by atomic mass is 16.5. The smallest absolute Gasteiger partial charge is 0.256 e. The molecule has 27 heavy (non-hydrogen) atoms. The Labute approximate surface area is 156 Å². The normalized spacial score (nSPS) is 25.7. The van der Waals surface area contributed by atoms with Gasteiger partial charge >= 0.3 is 0 Å². The summed E-state index contributed by atoms with van der Waals surface area (Å²) in [5.41, 5.74) is 4.63. The summed E-state index contributed by atoms with van der Waals surface area (Å²) in [7, 11) is 0. The van der Waals surface area contributed by atoms with Gasteiger partial charge in [-0.25, -0.2) is 0 Å². The molecular formula is C20H24N2O5. The van der Waals surface area contributed by atoms with Crippen molar-refractivity contribution < 1.29 is 23.8 Å². The van der Waals surface area contributed by atoms with Crippen LogP contribution in [0.25, 0.3) is 11.0 Å². The second-order valence-corrected chi connectivity index (χ2v) is 7.97. The van der Waals surface area contributed by atoms with E-state index in [0.29, 0.717) is 28.0 Å². The number of carbonyl (C=O) groups is 2. The van der Waals surface area contributed by atoms with Gasteiger partial charge in [-0.15, -0.1) is 0 Å². The van der Waals surface area contributed by atoms with E-state index in [1.807, 2.05) is 6.07 Å². The molecule has 0 saturated heterocycles. The van der Waals surface area contributed by atoms with Crippen molar-refractivity contribution in [3.63, 3.8) is 0 Å². The minimum Gasteiger partial charge on any atom is -0.490 e. The first kappa shape index (κ1) is 17.9. The molecule has 2 amide bonds. The Bertz CT molecular complexity index is 910. The fourth-order valence-electron chi connectivity index (χ4n) is 3.99. The predicted molar refractivity (Wildman–Crippen MR) is 98.3 cm³/mol. The molecular weight excluding hydrogens is 348 g/mol. The lowest BCUT2D eigenvalue weighted by Gasteiger charge is -2.24. The van der Waals surface area contributed by atoms with Crippen LogP contribution in [0.5, 0.6) is 5.75 Å². The monoisotopic (exact) mass is 372 g/mol. The molecule has 2 aliphatic carbocycles. The molecule has 1 aromatic carbocycles. The van der Waals surface area contributed by atoms with Crippen LogP contribution in [0.15, 0.2) is 22.6 Å². The standard InChI is InChI=1S/C20H24N2O5/c1-10-17(18(24)22-20(2,9-23)19(21)25)15-8-13(3-4-16(15)26-10)27-14-6-11-5-12(11)7-14/h3-4,8,11-12,14,23H,5-7,9H2,1-2H3,(H2,21,25)(H,22,24)/t11-,12+,14?,20?. The number of nitrogens with one attached hydrogen (secondary N) is 1. The van der Waals surface area contributed by atoms with Crippen molar-refractivity contribution in [2.45, 2.75) is 44.8 Å². The molecule has 0 bridgehead atoms. The maximum atomic E-state index is 12.8. The van der Waals surface area contributed by atoms with E-state index in [4.69, 9.17) is 14.9 Å². The summed E-state index contributed by atoms with van der Waals surface area (Å²) in [5, 5.41) is 12.6. The summed E-state index contributed by atoms with van der Waals surface area (Å²) in [5.74, 6) is 1.42. The number of primary amides is 1. The molecule has 144 valence electrons. The molecule has 2 aromatic rings. The molecule has 1 heterocycles. The Hall–Kier alpha value is -2.54. The summed E-state index contributed by atoms with van der Waals surface area (Å²) in [6, 6.07) is 5.42. The van der Waals surface area contributed by atoms with Crippen LogP contribution in [0.4, 0.5) is 0 Å². The Morgan fingerprint density at radius 1 is 1.33 bits per heavy atom. The van der Waals surface area contributed by atoms with Crippen LogP contribution >= 0.6 is 0 Å². The molecule has 7 heteroatoms. The van der Waals surface area contributed by atoms with Crippen molar-refractivity contribution in [3.8, 4) is 5.75 Å². The molecule has 4 N–H and O–H groups in total. The number of aliphatic hydroxyl groups excluding tert-OH is 1. The number of carbonyl (C=O) groups excluding carboxylic acids is 2. The molecule has 4 rings (SSSR count). The van der Waals surface area contributed by atoms with Gasteiger partial charge in [0.2, 0.25) is 5.91 Å². The molecule has 2 saturated carbocycles. The van der Waals surface area contributed by atoms with Crippen LogP contribution < -0.4 is 15.8 Å². The number of ether oxygens (including phenoxy) is 1. The van der Waals surface area contributed by atoms with Crippen molar-refractivity contribution in [2.24, 2.45) is 17.6 Å². The minimum absolute atomic E-state index is 0.226. The highest BCUT2D eigenvalue weighted by molar-refractivity contribution is 6.09. The maximum Gasteiger partial charge on any atom is 0.256 e. The van der Waals surface area contributed by atoms with Crippen LogP contribution in [0.1, 0.15) is 42.3 Å². The average molecular weight is 372 g/mol. The van der Waals surface area contributed by atoms with Gasteiger partial charge in [-0.05, 0) is 63.1 Å². The van der Waals surface area contributed by atoms with E-state index in [2.05, 4.69) is 5.32 Å². The molecule has 2 fully saturated rings. The number of hydrogen-bond acceptors (Lipinski definition) is 5. The van der Waals surface area contributed by atoms with Crippen molar-refractivity contribution in [1.82, 2.24) is 5.32 Å². The molecule has 1 aromatic heterocycles. The first-order valence-electron chi connectivity index (χ1n) is 9.24. The quantitative estimate of drug-likeness (QED) is 0.716. The fraction of sp³-hybridized carbons (Fsp3) is 0.500. The minimum atomic E-state index is -1.55. The van der Waals surface area contributed by atoms with Crippen LogP contribution in [-0.2, 0) is 4.79 Å². The van der Waals surface area contributed by atoms with Gasteiger partial charge < -0.3 is 25.3 Å². The zero-order valence-corrected chi connectivity index (χ0v) is 15.5. The molecule has 4 atom stereocenters. The van der Waals surface area contributed by atoms with Gasteiger partial charge in [0.25, 0.3) is 5.91 Å². The van der Waals surface area contributed by atoms with E-state index < -0.39 is 24.0 Å². The molecule has 0 radical (unpaired) electrons. The molecule has 0 spiro atoms. The van der Waals surface area contributed by atoms with Crippen molar-refractivity contribution in [2.75, 3.05) is 6.61 Å². The Morgan fingerprint density at radius 3 is 2.67 bits per heavy atom. The number of nitrogens with two attached hydrogens (primary N) is 1. The van der Waals surface area contributed by atoms with Gasteiger partial charge in [0.05, 0.1) is 18.3 Å². The van der Waals surface area contributed by atoms with Gasteiger partial charge in [0.15, 0.2) is 0 Å². The number of rotatable bonds is 6. The Morgan fingerprint density at radius 2 is 2.04 bits per heavy atom. The van der Waals surface area contributed by atoms with Gasteiger partial charge in [-0.1, -0.05) is 0 Å². The van der Waals surface area contributed by atoms with Crippen LogP contribution in [0.3, 0.4) is 0 Å². The third-order valence-electron chi connectivity index (χ3n) is 5.82. The number of furan rings is 1. The van der Waals surface area contributed by atoms with Gasteiger partial charge in [0.1, 0.15) is 22.6 Å². The lowest BCUT2D eigenvalue weighted by Crippen LogP contribution is -2.57. The highest BCUT2D eigenvalue weighted by Gasteiger charge is 2.46. The Kier molecular flexibility index (Phi) is 4.14.